The van der Waals surface area contributed by atoms with Crippen molar-refractivity contribution >= 4 is 16.6 Å². The lowest BCUT2D eigenvalue weighted by Crippen LogP contribution is -2.14. The van der Waals surface area contributed by atoms with E-state index < -0.39 is 0 Å². The van der Waals surface area contributed by atoms with Crippen LogP contribution in [0.25, 0.3) is 10.9 Å². The highest BCUT2D eigenvalue weighted by Gasteiger charge is 2.04. The van der Waals surface area contributed by atoms with Crippen molar-refractivity contribution in [3.63, 3.8) is 0 Å². The number of aromatic nitrogens is 2. The number of H-pyrrole nitrogens is 1. The molecule has 0 unspecified atom stereocenters. The van der Waals surface area contributed by atoms with Crippen molar-refractivity contribution in [2.24, 2.45) is 0 Å². The molecule has 5 nitrogen and oxygen atoms in total. The minimum Gasteiger partial charge on any atom is -0.377 e. The molecule has 1 aromatic heterocycles. The number of fused-ring (bicyclic) bond motifs is 1. The van der Waals surface area contributed by atoms with Crippen molar-refractivity contribution in [1.29, 1.82) is 5.26 Å². The number of nitriles is 1. The number of hydrogen-bond acceptors (Lipinski definition) is 4. The fourth-order valence-corrected chi connectivity index (χ4v) is 2.13. The number of nitrogens with one attached hydrogen (secondary N) is 2. The molecule has 0 radical (unpaired) electrons. The molecule has 3 rings (SSSR count). The van der Waals surface area contributed by atoms with Crippen LogP contribution in [0.2, 0.25) is 0 Å². The lowest BCUT2D eigenvalue weighted by molar-refractivity contribution is 0.953. The molecular weight excluding hydrogens is 264 g/mol. The van der Waals surface area contributed by atoms with Gasteiger partial charge in [0.15, 0.2) is 0 Å². The second-order valence-corrected chi connectivity index (χ2v) is 4.54. The number of benzene rings is 2. The Labute approximate surface area is 120 Å². The van der Waals surface area contributed by atoms with Crippen molar-refractivity contribution in [2.45, 2.75) is 6.54 Å². The largest absolute Gasteiger partial charge is 0.377 e. The molecule has 0 aliphatic heterocycles. The summed E-state index contributed by atoms with van der Waals surface area (Å²) in [7, 11) is 0. The first kappa shape index (κ1) is 12.9. The number of nitrogens with zero attached hydrogens (tertiary/aromatic N) is 2. The Balaban J connectivity index is 1.89. The van der Waals surface area contributed by atoms with Gasteiger partial charge in [-0.05, 0) is 24.3 Å². The first-order valence-electron chi connectivity index (χ1n) is 6.49. The fraction of sp³-hybridized carbons (Fsp3) is 0.0625. The van der Waals surface area contributed by atoms with Gasteiger partial charge in [0.05, 0.1) is 28.7 Å². The maximum absolute atomic E-state index is 12.0. The number of hydrogen-bond donors (Lipinski definition) is 2. The number of aromatic amines is 1. The first-order chi connectivity index (χ1) is 10.3. The third kappa shape index (κ3) is 2.60. The van der Waals surface area contributed by atoms with E-state index in [-0.39, 0.29) is 5.56 Å². The van der Waals surface area contributed by atoms with E-state index in [4.69, 9.17) is 5.26 Å². The molecule has 102 valence electrons. The standard InChI is InChI=1S/C16H12N4O/c17-9-11-5-1-3-7-13(11)18-10-15-19-14-8-4-2-6-12(14)16(21)20-15/h1-8,18H,10H2,(H,19,20,21). The van der Waals surface area contributed by atoms with Crippen LogP contribution in [0.5, 0.6) is 0 Å². The predicted octanol–water partition coefficient (Wildman–Crippen LogP) is 2.41. The zero-order chi connectivity index (χ0) is 14.7. The van der Waals surface area contributed by atoms with Crippen LogP contribution in [-0.4, -0.2) is 9.97 Å². The lowest BCUT2D eigenvalue weighted by Gasteiger charge is -2.08. The van der Waals surface area contributed by atoms with Crippen LogP contribution < -0.4 is 10.9 Å². The Kier molecular flexibility index (Phi) is 3.36. The molecule has 0 fully saturated rings. The van der Waals surface area contributed by atoms with Crippen LogP contribution in [0.4, 0.5) is 5.69 Å². The van der Waals surface area contributed by atoms with Crippen molar-refractivity contribution in [3.05, 3.63) is 70.3 Å². The highest BCUT2D eigenvalue weighted by atomic mass is 16.1. The van der Waals surface area contributed by atoms with Crippen LogP contribution in [0.15, 0.2) is 53.3 Å². The maximum Gasteiger partial charge on any atom is 0.258 e. The monoisotopic (exact) mass is 276 g/mol. The van der Waals surface area contributed by atoms with Crippen LogP contribution in [0.3, 0.4) is 0 Å². The van der Waals surface area contributed by atoms with E-state index >= 15 is 0 Å². The highest BCUT2D eigenvalue weighted by Crippen LogP contribution is 2.14. The highest BCUT2D eigenvalue weighted by molar-refractivity contribution is 5.77. The summed E-state index contributed by atoms with van der Waals surface area (Å²) in [4.78, 5) is 19.1. The summed E-state index contributed by atoms with van der Waals surface area (Å²) in [5, 5.41) is 12.7. The van der Waals surface area contributed by atoms with Crippen molar-refractivity contribution in [3.8, 4) is 6.07 Å². The fourth-order valence-electron chi connectivity index (χ4n) is 2.13. The normalized spacial score (nSPS) is 10.2. The molecule has 0 aliphatic rings. The Hall–Kier alpha value is -3.13. The summed E-state index contributed by atoms with van der Waals surface area (Å²) >= 11 is 0. The van der Waals surface area contributed by atoms with Crippen molar-refractivity contribution < 1.29 is 0 Å². The molecule has 0 saturated heterocycles. The van der Waals surface area contributed by atoms with Crippen molar-refractivity contribution in [2.75, 3.05) is 5.32 Å². The third-order valence-electron chi connectivity index (χ3n) is 3.16. The minimum absolute atomic E-state index is 0.161. The molecule has 0 aliphatic carbocycles. The number of rotatable bonds is 3. The van der Waals surface area contributed by atoms with E-state index in [1.165, 1.54) is 0 Å². The van der Waals surface area contributed by atoms with Gasteiger partial charge in [0, 0.05) is 0 Å². The number of para-hydroxylation sites is 2. The Morgan fingerprint density at radius 3 is 2.76 bits per heavy atom. The van der Waals surface area contributed by atoms with Gasteiger partial charge in [-0.2, -0.15) is 5.26 Å². The van der Waals surface area contributed by atoms with Crippen LogP contribution in [0.1, 0.15) is 11.4 Å². The lowest BCUT2D eigenvalue weighted by atomic mass is 10.2. The summed E-state index contributed by atoms with van der Waals surface area (Å²) in [5.74, 6) is 0.534. The molecule has 1 heterocycles. The van der Waals surface area contributed by atoms with E-state index in [0.717, 1.165) is 5.69 Å². The molecule has 3 aromatic rings. The van der Waals surface area contributed by atoms with E-state index in [2.05, 4.69) is 21.4 Å². The first-order valence-corrected chi connectivity index (χ1v) is 6.49. The summed E-state index contributed by atoms with van der Waals surface area (Å²) in [6.45, 7) is 0.346. The molecule has 21 heavy (non-hydrogen) atoms. The van der Waals surface area contributed by atoms with Gasteiger partial charge in [0.2, 0.25) is 0 Å². The molecule has 0 amide bonds. The summed E-state index contributed by atoms with van der Waals surface area (Å²) < 4.78 is 0. The molecule has 2 N–H and O–H groups in total. The van der Waals surface area contributed by atoms with E-state index in [0.29, 0.717) is 28.8 Å². The summed E-state index contributed by atoms with van der Waals surface area (Å²) in [6.07, 6.45) is 0. The Morgan fingerprint density at radius 1 is 1.14 bits per heavy atom. The van der Waals surface area contributed by atoms with Gasteiger partial charge in [-0.3, -0.25) is 4.79 Å². The molecule has 2 aromatic carbocycles. The summed E-state index contributed by atoms with van der Waals surface area (Å²) in [6, 6.07) is 16.5. The average molecular weight is 276 g/mol. The number of anilines is 1. The van der Waals surface area contributed by atoms with E-state index in [9.17, 15) is 4.79 Å². The molecule has 5 heteroatoms. The maximum atomic E-state index is 12.0. The van der Waals surface area contributed by atoms with Gasteiger partial charge in [-0.1, -0.05) is 24.3 Å². The summed E-state index contributed by atoms with van der Waals surface area (Å²) in [5.41, 5.74) is 1.77. The molecule has 0 atom stereocenters. The van der Waals surface area contributed by atoms with Crippen molar-refractivity contribution in [1.82, 2.24) is 9.97 Å². The van der Waals surface area contributed by atoms with Crippen LogP contribution in [0, 0.1) is 11.3 Å². The third-order valence-corrected chi connectivity index (χ3v) is 3.16. The zero-order valence-corrected chi connectivity index (χ0v) is 11.1. The topological polar surface area (TPSA) is 81.6 Å². The Morgan fingerprint density at radius 2 is 1.90 bits per heavy atom. The van der Waals surface area contributed by atoms with E-state index in [1.54, 1.807) is 30.3 Å². The SMILES string of the molecule is N#Cc1ccccc1NCc1nc2ccccc2c(=O)[nH]1. The van der Waals surface area contributed by atoms with Gasteiger partial charge in [0.25, 0.3) is 5.56 Å². The molecule has 0 spiro atoms. The molecule has 0 saturated carbocycles. The second-order valence-electron chi connectivity index (χ2n) is 4.54. The smallest absolute Gasteiger partial charge is 0.258 e. The Bertz CT molecular complexity index is 892. The van der Waals surface area contributed by atoms with Crippen LogP contribution >= 0.6 is 0 Å². The minimum atomic E-state index is -0.161. The van der Waals surface area contributed by atoms with Gasteiger partial charge >= 0.3 is 0 Å². The second kappa shape index (κ2) is 5.47. The van der Waals surface area contributed by atoms with Gasteiger partial charge < -0.3 is 10.3 Å². The molecule has 0 bridgehead atoms. The van der Waals surface area contributed by atoms with Gasteiger partial charge in [-0.15, -0.1) is 0 Å². The van der Waals surface area contributed by atoms with Crippen LogP contribution in [-0.2, 0) is 6.54 Å². The zero-order valence-electron chi connectivity index (χ0n) is 11.1. The molecular formula is C16H12N4O. The quantitative estimate of drug-likeness (QED) is 0.769. The van der Waals surface area contributed by atoms with E-state index in [1.807, 2.05) is 18.2 Å². The average Bonchev–Trinajstić information content (AvgIpc) is 2.53. The predicted molar refractivity (Wildman–Crippen MR) is 80.8 cm³/mol. The van der Waals surface area contributed by atoms with Gasteiger partial charge in [0.1, 0.15) is 11.9 Å². The van der Waals surface area contributed by atoms with Gasteiger partial charge in [-0.25, -0.2) is 4.98 Å².